The first-order chi connectivity index (χ1) is 12.5. The van der Waals surface area contributed by atoms with Gasteiger partial charge in [-0.1, -0.05) is 46.1 Å². The molecule has 2 aromatic rings. The van der Waals surface area contributed by atoms with E-state index in [4.69, 9.17) is 16.3 Å². The zero-order chi connectivity index (χ0) is 18.7. The lowest BCUT2D eigenvalue weighted by molar-refractivity contribution is -0.153. The van der Waals surface area contributed by atoms with E-state index in [1.165, 1.54) is 0 Å². The summed E-state index contributed by atoms with van der Waals surface area (Å²) in [5.41, 5.74) is 1.28. The van der Waals surface area contributed by atoms with Crippen molar-refractivity contribution in [1.29, 1.82) is 0 Å². The summed E-state index contributed by atoms with van der Waals surface area (Å²) in [6, 6.07) is 12.5. The van der Waals surface area contributed by atoms with E-state index in [1.807, 2.05) is 12.1 Å². The van der Waals surface area contributed by atoms with Crippen LogP contribution < -0.4 is 5.32 Å². The minimum Gasteiger partial charge on any atom is -0.465 e. The SMILES string of the molecule is CCOC(=O)C1(c2ccc(NC(=O)c3cccc(Br)c3)c(Cl)c2)CCC1. The number of hydrogen-bond acceptors (Lipinski definition) is 3. The van der Waals surface area contributed by atoms with Gasteiger partial charge in [-0.3, -0.25) is 9.59 Å². The van der Waals surface area contributed by atoms with Gasteiger partial charge in [0.2, 0.25) is 0 Å². The van der Waals surface area contributed by atoms with Gasteiger partial charge in [-0.2, -0.15) is 0 Å². The Morgan fingerprint density at radius 3 is 2.58 bits per heavy atom. The summed E-state index contributed by atoms with van der Waals surface area (Å²) < 4.78 is 6.08. The summed E-state index contributed by atoms with van der Waals surface area (Å²) in [5, 5.41) is 3.22. The van der Waals surface area contributed by atoms with Gasteiger partial charge in [0.15, 0.2) is 0 Å². The fourth-order valence-electron chi connectivity index (χ4n) is 3.15. The Morgan fingerprint density at radius 1 is 1.23 bits per heavy atom. The molecule has 136 valence electrons. The monoisotopic (exact) mass is 435 g/mol. The molecule has 1 amide bonds. The predicted molar refractivity (Wildman–Crippen MR) is 106 cm³/mol. The summed E-state index contributed by atoms with van der Waals surface area (Å²) in [4.78, 5) is 24.8. The van der Waals surface area contributed by atoms with Gasteiger partial charge in [0.05, 0.1) is 22.7 Å². The number of hydrogen-bond donors (Lipinski definition) is 1. The average Bonchev–Trinajstić information content (AvgIpc) is 2.56. The van der Waals surface area contributed by atoms with Crippen LogP contribution in [-0.2, 0) is 14.9 Å². The summed E-state index contributed by atoms with van der Waals surface area (Å²) in [6.45, 7) is 2.16. The smallest absolute Gasteiger partial charge is 0.316 e. The normalized spacial score (nSPS) is 15.0. The van der Waals surface area contributed by atoms with Gasteiger partial charge in [-0.25, -0.2) is 0 Å². The van der Waals surface area contributed by atoms with Crippen molar-refractivity contribution in [3.63, 3.8) is 0 Å². The Kier molecular flexibility index (Phi) is 5.68. The average molecular weight is 437 g/mol. The zero-order valence-electron chi connectivity index (χ0n) is 14.4. The molecule has 3 rings (SSSR count). The van der Waals surface area contributed by atoms with Gasteiger partial charge in [0.1, 0.15) is 0 Å². The lowest BCUT2D eigenvalue weighted by Crippen LogP contribution is -2.43. The van der Waals surface area contributed by atoms with E-state index in [1.54, 1.807) is 37.3 Å². The Bertz CT molecular complexity index is 849. The first kappa shape index (κ1) is 18.9. The highest BCUT2D eigenvalue weighted by atomic mass is 79.9. The number of carbonyl (C=O) groups is 2. The molecule has 0 bridgehead atoms. The number of rotatable bonds is 5. The van der Waals surface area contributed by atoms with Crippen molar-refractivity contribution in [2.24, 2.45) is 0 Å². The van der Waals surface area contributed by atoms with Crippen LogP contribution in [0.2, 0.25) is 5.02 Å². The highest BCUT2D eigenvalue weighted by Gasteiger charge is 2.47. The number of nitrogens with one attached hydrogen (secondary N) is 1. The minimum atomic E-state index is -0.605. The van der Waals surface area contributed by atoms with Crippen molar-refractivity contribution >= 4 is 45.1 Å². The fraction of sp³-hybridized carbons (Fsp3) is 0.300. The second kappa shape index (κ2) is 7.80. The lowest BCUT2D eigenvalue weighted by Gasteiger charge is -2.39. The fourth-order valence-corrected chi connectivity index (χ4v) is 3.78. The number of halogens is 2. The Balaban J connectivity index is 1.81. The summed E-state index contributed by atoms with van der Waals surface area (Å²) in [6.07, 6.45) is 2.50. The molecule has 0 atom stereocenters. The number of amides is 1. The molecular weight excluding hydrogens is 418 g/mol. The van der Waals surface area contributed by atoms with Crippen molar-refractivity contribution < 1.29 is 14.3 Å². The first-order valence-corrected chi connectivity index (χ1v) is 9.67. The Labute approximate surface area is 166 Å². The molecule has 0 heterocycles. The maximum atomic E-state index is 12.4. The highest BCUT2D eigenvalue weighted by molar-refractivity contribution is 9.10. The predicted octanol–water partition coefficient (Wildman–Crippen LogP) is 5.34. The van der Waals surface area contributed by atoms with Crippen LogP contribution in [-0.4, -0.2) is 18.5 Å². The van der Waals surface area contributed by atoms with Crippen LogP contribution >= 0.6 is 27.5 Å². The van der Waals surface area contributed by atoms with E-state index in [0.717, 1.165) is 29.3 Å². The molecule has 0 spiro atoms. The van der Waals surface area contributed by atoms with E-state index in [-0.39, 0.29) is 11.9 Å². The van der Waals surface area contributed by atoms with Crippen LogP contribution in [0.5, 0.6) is 0 Å². The summed E-state index contributed by atoms with van der Waals surface area (Å²) in [5.74, 6) is -0.446. The molecular formula is C20H19BrClNO3. The molecule has 1 fully saturated rings. The van der Waals surface area contributed by atoms with Crippen molar-refractivity contribution in [2.75, 3.05) is 11.9 Å². The summed E-state index contributed by atoms with van der Waals surface area (Å²) in [7, 11) is 0. The van der Waals surface area contributed by atoms with Crippen molar-refractivity contribution in [2.45, 2.75) is 31.6 Å². The number of esters is 1. The second-order valence-electron chi connectivity index (χ2n) is 6.32. The number of benzene rings is 2. The molecule has 26 heavy (non-hydrogen) atoms. The van der Waals surface area contributed by atoms with Crippen molar-refractivity contribution in [1.82, 2.24) is 0 Å². The highest BCUT2D eigenvalue weighted by Crippen LogP contribution is 2.46. The molecule has 1 saturated carbocycles. The van der Waals surface area contributed by atoms with Gasteiger partial charge in [-0.05, 0) is 55.7 Å². The molecule has 0 aromatic heterocycles. The molecule has 6 heteroatoms. The van der Waals surface area contributed by atoms with E-state index in [9.17, 15) is 9.59 Å². The molecule has 4 nitrogen and oxygen atoms in total. The number of anilines is 1. The van der Waals surface area contributed by atoms with Gasteiger partial charge < -0.3 is 10.1 Å². The molecule has 1 aliphatic rings. The molecule has 0 unspecified atom stereocenters. The molecule has 0 aliphatic heterocycles. The molecule has 0 radical (unpaired) electrons. The van der Waals surface area contributed by atoms with Gasteiger partial charge in [0, 0.05) is 10.0 Å². The van der Waals surface area contributed by atoms with E-state index >= 15 is 0 Å². The van der Waals surface area contributed by atoms with E-state index in [2.05, 4.69) is 21.2 Å². The zero-order valence-corrected chi connectivity index (χ0v) is 16.7. The largest absolute Gasteiger partial charge is 0.465 e. The maximum absolute atomic E-state index is 12.4. The van der Waals surface area contributed by atoms with Crippen LogP contribution in [0.3, 0.4) is 0 Å². The van der Waals surface area contributed by atoms with Crippen LogP contribution in [0.25, 0.3) is 0 Å². The van der Waals surface area contributed by atoms with Crippen LogP contribution in [0, 0.1) is 0 Å². The Hall–Kier alpha value is -1.85. The van der Waals surface area contributed by atoms with Gasteiger partial charge in [-0.15, -0.1) is 0 Å². The van der Waals surface area contributed by atoms with Crippen LogP contribution in [0.1, 0.15) is 42.1 Å². The maximum Gasteiger partial charge on any atom is 0.316 e. The third-order valence-corrected chi connectivity index (χ3v) is 5.54. The molecule has 1 N–H and O–H groups in total. The van der Waals surface area contributed by atoms with Crippen LogP contribution in [0.4, 0.5) is 5.69 Å². The molecule has 1 aliphatic carbocycles. The first-order valence-electron chi connectivity index (χ1n) is 8.50. The van der Waals surface area contributed by atoms with E-state index in [0.29, 0.717) is 22.9 Å². The lowest BCUT2D eigenvalue weighted by atomic mass is 9.64. The number of carbonyl (C=O) groups excluding carboxylic acids is 2. The second-order valence-corrected chi connectivity index (χ2v) is 7.64. The summed E-state index contributed by atoms with van der Waals surface area (Å²) >= 11 is 9.74. The topological polar surface area (TPSA) is 55.4 Å². The Morgan fingerprint density at radius 2 is 2.00 bits per heavy atom. The third-order valence-electron chi connectivity index (χ3n) is 4.73. The van der Waals surface area contributed by atoms with Crippen LogP contribution in [0.15, 0.2) is 46.9 Å². The standard InChI is InChI=1S/C20H19BrClNO3/c1-2-26-19(25)20(9-4-10-20)14-7-8-17(16(22)12-14)23-18(24)13-5-3-6-15(21)11-13/h3,5-8,11-12H,2,4,9-10H2,1H3,(H,23,24). The molecule has 0 saturated heterocycles. The minimum absolute atomic E-state index is 0.201. The third kappa shape index (κ3) is 3.64. The number of ether oxygens (including phenoxy) is 1. The molecule has 2 aromatic carbocycles. The van der Waals surface area contributed by atoms with E-state index < -0.39 is 5.41 Å². The van der Waals surface area contributed by atoms with Gasteiger partial charge >= 0.3 is 5.97 Å². The quantitative estimate of drug-likeness (QED) is 0.644. The van der Waals surface area contributed by atoms with Crippen molar-refractivity contribution in [3.05, 3.63) is 63.1 Å². The van der Waals surface area contributed by atoms with Crippen molar-refractivity contribution in [3.8, 4) is 0 Å². The van der Waals surface area contributed by atoms with Gasteiger partial charge in [0.25, 0.3) is 5.91 Å².